The molecular weight excluding hydrogens is 417 g/mol. The van der Waals surface area contributed by atoms with Gasteiger partial charge in [-0.1, -0.05) is 44.0 Å². The number of hydrogen-bond acceptors (Lipinski definition) is 5. The second-order valence-electron chi connectivity index (χ2n) is 7.42. The summed E-state index contributed by atoms with van der Waals surface area (Å²) in [6, 6.07) is 10.9. The number of hydrogen-bond donors (Lipinski definition) is 2. The standard InChI is InChI=1S/C23H24FN3O5/c1-3-4-13-23(15-9-11-16(24)12-10-15)21(30)27(22(31)26-23)14-19(28)25-18-8-6-5-7-17(18)20(29)32-2/h5-12H,3-4,13-14H2,1-2H3,(H,25,28)(H,26,31). The van der Waals surface area contributed by atoms with Crippen molar-refractivity contribution < 1.29 is 28.3 Å². The lowest BCUT2D eigenvalue weighted by Crippen LogP contribution is -2.44. The van der Waals surface area contributed by atoms with Crippen LogP contribution in [0.1, 0.15) is 42.1 Å². The molecule has 1 saturated heterocycles. The zero-order chi connectivity index (χ0) is 23.3. The molecule has 9 heteroatoms. The first-order chi connectivity index (χ1) is 15.3. The van der Waals surface area contributed by atoms with E-state index in [-0.39, 0.29) is 11.3 Å². The summed E-state index contributed by atoms with van der Waals surface area (Å²) in [5.41, 5.74) is -0.577. The van der Waals surface area contributed by atoms with Crippen molar-refractivity contribution in [3.8, 4) is 0 Å². The van der Waals surface area contributed by atoms with Gasteiger partial charge in [-0.15, -0.1) is 0 Å². The number of nitrogens with one attached hydrogen (secondary N) is 2. The van der Waals surface area contributed by atoms with Crippen LogP contribution in [-0.2, 0) is 19.9 Å². The molecule has 0 bridgehead atoms. The molecule has 2 aromatic rings. The first-order valence-corrected chi connectivity index (χ1v) is 10.2. The summed E-state index contributed by atoms with van der Waals surface area (Å²) in [7, 11) is 1.22. The number of imide groups is 1. The molecule has 8 nitrogen and oxygen atoms in total. The molecule has 168 valence electrons. The van der Waals surface area contributed by atoms with Gasteiger partial charge in [-0.3, -0.25) is 14.5 Å². The highest BCUT2D eigenvalue weighted by molar-refractivity contribution is 6.11. The fraction of sp³-hybridized carbons (Fsp3) is 0.304. The van der Waals surface area contributed by atoms with Crippen LogP contribution >= 0.6 is 0 Å². The lowest BCUT2D eigenvalue weighted by Gasteiger charge is -2.27. The molecule has 0 aliphatic carbocycles. The Morgan fingerprint density at radius 2 is 1.81 bits per heavy atom. The number of ether oxygens (including phenoxy) is 1. The molecule has 0 spiro atoms. The molecule has 1 aliphatic rings. The Balaban J connectivity index is 1.82. The molecule has 0 aromatic heterocycles. The predicted octanol–water partition coefficient (Wildman–Crippen LogP) is 3.19. The van der Waals surface area contributed by atoms with E-state index in [9.17, 15) is 23.6 Å². The fourth-order valence-electron chi connectivity index (χ4n) is 3.67. The molecule has 3 rings (SSSR count). The number of nitrogens with zero attached hydrogens (tertiary/aromatic N) is 1. The van der Waals surface area contributed by atoms with E-state index in [0.29, 0.717) is 18.4 Å². The molecular formula is C23H24FN3O5. The molecule has 1 aliphatic heterocycles. The van der Waals surface area contributed by atoms with Crippen molar-refractivity contribution >= 4 is 29.5 Å². The zero-order valence-corrected chi connectivity index (χ0v) is 17.8. The minimum Gasteiger partial charge on any atom is -0.465 e. The molecule has 1 unspecified atom stereocenters. The van der Waals surface area contributed by atoms with Gasteiger partial charge in [-0.05, 0) is 36.2 Å². The van der Waals surface area contributed by atoms with Crippen LogP contribution in [0.2, 0.25) is 0 Å². The number of methoxy groups -OCH3 is 1. The second kappa shape index (κ2) is 9.59. The van der Waals surface area contributed by atoms with E-state index in [2.05, 4.69) is 10.6 Å². The van der Waals surface area contributed by atoms with Crippen molar-refractivity contribution in [2.75, 3.05) is 19.0 Å². The predicted molar refractivity (Wildman–Crippen MR) is 114 cm³/mol. The number of unbranched alkanes of at least 4 members (excludes halogenated alkanes) is 1. The molecule has 0 radical (unpaired) electrons. The minimum atomic E-state index is -1.37. The number of carbonyl (C=O) groups excluding carboxylic acids is 4. The van der Waals surface area contributed by atoms with Crippen molar-refractivity contribution in [1.82, 2.24) is 10.2 Å². The van der Waals surface area contributed by atoms with Crippen LogP contribution in [0, 0.1) is 5.82 Å². The first-order valence-electron chi connectivity index (χ1n) is 10.2. The van der Waals surface area contributed by atoms with Gasteiger partial charge in [0.1, 0.15) is 17.9 Å². The van der Waals surface area contributed by atoms with Crippen LogP contribution in [0.5, 0.6) is 0 Å². The first kappa shape index (κ1) is 22.9. The van der Waals surface area contributed by atoms with Crippen molar-refractivity contribution in [2.24, 2.45) is 0 Å². The highest BCUT2D eigenvalue weighted by Crippen LogP contribution is 2.34. The quantitative estimate of drug-likeness (QED) is 0.484. The molecule has 1 heterocycles. The Morgan fingerprint density at radius 3 is 2.47 bits per heavy atom. The van der Waals surface area contributed by atoms with Crippen LogP contribution < -0.4 is 10.6 Å². The molecule has 1 fully saturated rings. The van der Waals surface area contributed by atoms with E-state index in [1.807, 2.05) is 6.92 Å². The van der Waals surface area contributed by atoms with E-state index in [4.69, 9.17) is 4.74 Å². The number of amides is 4. The van der Waals surface area contributed by atoms with Crippen molar-refractivity contribution in [1.29, 1.82) is 0 Å². The Bertz CT molecular complexity index is 1040. The maximum atomic E-state index is 13.4. The van der Waals surface area contributed by atoms with Gasteiger partial charge in [0.15, 0.2) is 0 Å². The van der Waals surface area contributed by atoms with Crippen LogP contribution in [0.4, 0.5) is 14.9 Å². The lowest BCUT2D eigenvalue weighted by molar-refractivity contribution is -0.134. The number of urea groups is 1. The van der Waals surface area contributed by atoms with Crippen molar-refractivity contribution in [3.05, 3.63) is 65.5 Å². The summed E-state index contributed by atoms with van der Waals surface area (Å²) in [6.45, 7) is 1.40. The number of esters is 1. The highest BCUT2D eigenvalue weighted by atomic mass is 19.1. The summed E-state index contributed by atoms with van der Waals surface area (Å²) in [5.74, 6) is -2.34. The van der Waals surface area contributed by atoms with Gasteiger partial charge in [0, 0.05) is 0 Å². The number of carbonyl (C=O) groups is 4. The number of anilines is 1. The Labute approximate surface area is 184 Å². The van der Waals surface area contributed by atoms with Gasteiger partial charge in [0.2, 0.25) is 5.91 Å². The summed E-state index contributed by atoms with van der Waals surface area (Å²) >= 11 is 0. The van der Waals surface area contributed by atoms with Crippen LogP contribution in [0.15, 0.2) is 48.5 Å². The Hall–Kier alpha value is -3.75. The summed E-state index contributed by atoms with van der Waals surface area (Å²) < 4.78 is 18.1. The molecule has 0 saturated carbocycles. The summed E-state index contributed by atoms with van der Waals surface area (Å²) in [4.78, 5) is 51.4. The van der Waals surface area contributed by atoms with Gasteiger partial charge < -0.3 is 15.4 Å². The van der Waals surface area contributed by atoms with Crippen LogP contribution in [-0.4, -0.2) is 42.4 Å². The topological polar surface area (TPSA) is 105 Å². The minimum absolute atomic E-state index is 0.143. The van der Waals surface area contributed by atoms with Gasteiger partial charge in [0.25, 0.3) is 5.91 Å². The van der Waals surface area contributed by atoms with Gasteiger partial charge in [-0.2, -0.15) is 0 Å². The highest BCUT2D eigenvalue weighted by Gasteiger charge is 2.52. The maximum Gasteiger partial charge on any atom is 0.339 e. The number of halogens is 1. The third kappa shape index (κ3) is 4.46. The van der Waals surface area contributed by atoms with Gasteiger partial charge >= 0.3 is 12.0 Å². The summed E-state index contributed by atoms with van der Waals surface area (Å²) in [5, 5.41) is 5.25. The Kier molecular flexibility index (Phi) is 6.87. The van der Waals surface area contributed by atoms with Gasteiger partial charge in [0.05, 0.1) is 18.4 Å². The normalized spacial score (nSPS) is 17.8. The molecule has 1 atom stereocenters. The van der Waals surface area contributed by atoms with E-state index in [0.717, 1.165) is 11.3 Å². The van der Waals surface area contributed by atoms with E-state index in [1.165, 1.54) is 43.5 Å². The van der Waals surface area contributed by atoms with Crippen molar-refractivity contribution in [3.63, 3.8) is 0 Å². The van der Waals surface area contributed by atoms with E-state index < -0.39 is 41.7 Å². The molecule has 2 N–H and O–H groups in total. The molecule has 32 heavy (non-hydrogen) atoms. The second-order valence-corrected chi connectivity index (χ2v) is 7.42. The Morgan fingerprint density at radius 1 is 1.12 bits per heavy atom. The zero-order valence-electron chi connectivity index (χ0n) is 17.8. The SMILES string of the molecule is CCCCC1(c2ccc(F)cc2)NC(=O)N(CC(=O)Nc2ccccc2C(=O)OC)C1=O. The molecule has 4 amide bonds. The average Bonchev–Trinajstić information content (AvgIpc) is 3.03. The third-order valence-corrected chi connectivity index (χ3v) is 5.33. The maximum absolute atomic E-state index is 13.4. The fourth-order valence-corrected chi connectivity index (χ4v) is 3.67. The number of para-hydroxylation sites is 1. The van der Waals surface area contributed by atoms with E-state index >= 15 is 0 Å². The smallest absolute Gasteiger partial charge is 0.339 e. The summed E-state index contributed by atoms with van der Waals surface area (Å²) in [6.07, 6.45) is 1.72. The lowest BCUT2D eigenvalue weighted by atomic mass is 9.85. The van der Waals surface area contributed by atoms with Gasteiger partial charge in [-0.25, -0.2) is 14.0 Å². The number of benzene rings is 2. The molecule has 2 aromatic carbocycles. The number of rotatable bonds is 8. The van der Waals surface area contributed by atoms with Crippen molar-refractivity contribution in [2.45, 2.75) is 31.7 Å². The van der Waals surface area contributed by atoms with Crippen LogP contribution in [0.3, 0.4) is 0 Å². The average molecular weight is 441 g/mol. The van der Waals surface area contributed by atoms with Crippen LogP contribution in [0.25, 0.3) is 0 Å². The third-order valence-electron chi connectivity index (χ3n) is 5.33. The van der Waals surface area contributed by atoms with E-state index in [1.54, 1.807) is 12.1 Å². The largest absolute Gasteiger partial charge is 0.465 e. The monoisotopic (exact) mass is 441 g/mol.